The Bertz CT molecular complexity index is 538. The molecule has 1 heterocycles. The number of likely N-dealkylation sites (N-methyl/N-ethyl adjacent to an activating group) is 1. The van der Waals surface area contributed by atoms with E-state index in [4.69, 9.17) is 19.9 Å². The number of benzene rings is 1. The van der Waals surface area contributed by atoms with E-state index in [9.17, 15) is 0 Å². The van der Waals surface area contributed by atoms with Gasteiger partial charge in [-0.15, -0.1) is 0 Å². The predicted octanol–water partition coefficient (Wildman–Crippen LogP) is 1.74. The zero-order valence-electron chi connectivity index (χ0n) is 15.5. The van der Waals surface area contributed by atoms with Gasteiger partial charge in [-0.05, 0) is 19.5 Å². The minimum atomic E-state index is 0.0914. The Morgan fingerprint density at radius 2 is 1.71 bits per heavy atom. The van der Waals surface area contributed by atoms with E-state index in [2.05, 4.69) is 23.6 Å². The first-order valence-electron chi connectivity index (χ1n) is 8.57. The minimum Gasteiger partial charge on any atom is -0.496 e. The van der Waals surface area contributed by atoms with Crippen LogP contribution in [0.5, 0.6) is 17.2 Å². The average molecular weight is 337 g/mol. The van der Waals surface area contributed by atoms with E-state index in [-0.39, 0.29) is 6.04 Å². The maximum absolute atomic E-state index is 6.17. The molecule has 2 N–H and O–H groups in total. The second-order valence-corrected chi connectivity index (χ2v) is 6.18. The van der Waals surface area contributed by atoms with Crippen molar-refractivity contribution in [1.82, 2.24) is 9.80 Å². The molecular weight excluding hydrogens is 306 g/mol. The van der Waals surface area contributed by atoms with E-state index in [1.807, 2.05) is 12.1 Å². The SMILES string of the molecule is CCN1CCN(C(CN)c2cc(OC)c(OC)cc2OC)C(C)C1. The lowest BCUT2D eigenvalue weighted by molar-refractivity contribution is 0.0527. The first-order valence-corrected chi connectivity index (χ1v) is 8.57. The number of hydrogen-bond donors (Lipinski definition) is 1. The van der Waals surface area contributed by atoms with Gasteiger partial charge in [0.15, 0.2) is 11.5 Å². The van der Waals surface area contributed by atoms with Crippen molar-refractivity contribution in [2.75, 3.05) is 54.1 Å². The van der Waals surface area contributed by atoms with E-state index in [0.717, 1.165) is 37.5 Å². The molecule has 1 aromatic carbocycles. The molecule has 1 saturated heterocycles. The molecule has 1 aliphatic rings. The second-order valence-electron chi connectivity index (χ2n) is 6.18. The Morgan fingerprint density at radius 3 is 2.21 bits per heavy atom. The maximum atomic E-state index is 6.17. The summed E-state index contributed by atoms with van der Waals surface area (Å²) in [6.07, 6.45) is 0. The maximum Gasteiger partial charge on any atom is 0.164 e. The van der Waals surface area contributed by atoms with Crippen molar-refractivity contribution in [1.29, 1.82) is 0 Å². The summed E-state index contributed by atoms with van der Waals surface area (Å²) in [5, 5.41) is 0. The highest BCUT2D eigenvalue weighted by molar-refractivity contribution is 5.52. The van der Waals surface area contributed by atoms with Crippen molar-refractivity contribution in [2.24, 2.45) is 5.73 Å². The van der Waals surface area contributed by atoms with Crippen molar-refractivity contribution in [3.63, 3.8) is 0 Å². The molecule has 0 spiro atoms. The van der Waals surface area contributed by atoms with Gasteiger partial charge in [0, 0.05) is 43.9 Å². The van der Waals surface area contributed by atoms with E-state index < -0.39 is 0 Å². The summed E-state index contributed by atoms with van der Waals surface area (Å²) in [6.45, 7) is 9.20. The van der Waals surface area contributed by atoms with E-state index in [1.54, 1.807) is 21.3 Å². The molecule has 0 amide bonds. The first kappa shape index (κ1) is 18.8. The number of ether oxygens (including phenoxy) is 3. The van der Waals surface area contributed by atoms with Gasteiger partial charge in [-0.1, -0.05) is 6.92 Å². The summed E-state index contributed by atoms with van der Waals surface area (Å²) in [5.74, 6) is 2.15. The molecule has 6 nitrogen and oxygen atoms in total. The second kappa shape index (κ2) is 8.55. The van der Waals surface area contributed by atoms with Crippen LogP contribution >= 0.6 is 0 Å². The molecule has 24 heavy (non-hydrogen) atoms. The summed E-state index contributed by atoms with van der Waals surface area (Å²) >= 11 is 0. The van der Waals surface area contributed by atoms with Crippen LogP contribution in [0, 0.1) is 0 Å². The van der Waals surface area contributed by atoms with Crippen LogP contribution < -0.4 is 19.9 Å². The normalized spacial score (nSPS) is 20.7. The molecule has 1 aliphatic heterocycles. The van der Waals surface area contributed by atoms with Crippen LogP contribution in [0.1, 0.15) is 25.5 Å². The highest BCUT2D eigenvalue weighted by Gasteiger charge is 2.31. The average Bonchev–Trinajstić information content (AvgIpc) is 2.62. The Kier molecular flexibility index (Phi) is 6.71. The lowest BCUT2D eigenvalue weighted by atomic mass is 10.00. The summed E-state index contributed by atoms with van der Waals surface area (Å²) < 4.78 is 16.5. The van der Waals surface area contributed by atoms with Gasteiger partial charge in [0.25, 0.3) is 0 Å². The molecule has 0 saturated carbocycles. The van der Waals surface area contributed by atoms with Crippen molar-refractivity contribution in [3.05, 3.63) is 17.7 Å². The quantitative estimate of drug-likeness (QED) is 0.818. The van der Waals surface area contributed by atoms with Gasteiger partial charge in [-0.25, -0.2) is 0 Å². The zero-order valence-corrected chi connectivity index (χ0v) is 15.5. The van der Waals surface area contributed by atoms with Gasteiger partial charge in [-0.2, -0.15) is 0 Å². The van der Waals surface area contributed by atoms with Crippen LogP contribution in [0.4, 0.5) is 0 Å². The van der Waals surface area contributed by atoms with Crippen molar-refractivity contribution >= 4 is 0 Å². The van der Waals surface area contributed by atoms with Gasteiger partial charge < -0.3 is 24.8 Å². The Hall–Kier alpha value is -1.50. The molecular formula is C18H31N3O3. The van der Waals surface area contributed by atoms with Crippen LogP contribution in [0.15, 0.2) is 12.1 Å². The number of methoxy groups -OCH3 is 3. The summed E-state index contributed by atoms with van der Waals surface area (Å²) in [6, 6.07) is 4.40. The third kappa shape index (κ3) is 3.77. The molecule has 0 aliphatic carbocycles. The smallest absolute Gasteiger partial charge is 0.164 e. The van der Waals surface area contributed by atoms with Gasteiger partial charge >= 0.3 is 0 Å². The monoisotopic (exact) mass is 337 g/mol. The zero-order chi connectivity index (χ0) is 17.7. The number of nitrogens with two attached hydrogens (primary N) is 1. The Balaban J connectivity index is 2.36. The number of nitrogens with zero attached hydrogens (tertiary/aromatic N) is 2. The van der Waals surface area contributed by atoms with E-state index >= 15 is 0 Å². The van der Waals surface area contributed by atoms with Crippen LogP contribution in [-0.4, -0.2) is 69.9 Å². The molecule has 2 unspecified atom stereocenters. The Labute approximate surface area is 145 Å². The third-order valence-corrected chi connectivity index (χ3v) is 4.93. The predicted molar refractivity (Wildman–Crippen MR) is 96.2 cm³/mol. The highest BCUT2D eigenvalue weighted by Crippen LogP contribution is 2.39. The highest BCUT2D eigenvalue weighted by atomic mass is 16.5. The molecule has 6 heteroatoms. The van der Waals surface area contributed by atoms with Crippen LogP contribution in [0.2, 0.25) is 0 Å². The lowest BCUT2D eigenvalue weighted by Gasteiger charge is -2.43. The lowest BCUT2D eigenvalue weighted by Crippen LogP contribution is -2.53. The number of hydrogen-bond acceptors (Lipinski definition) is 6. The standard InChI is InChI=1S/C18H31N3O3/c1-6-20-7-8-21(13(2)12-20)15(11-19)14-9-17(23-4)18(24-5)10-16(14)22-3/h9-10,13,15H,6-8,11-12,19H2,1-5H3. The van der Waals surface area contributed by atoms with Gasteiger partial charge in [0.1, 0.15) is 5.75 Å². The molecule has 0 radical (unpaired) electrons. The van der Waals surface area contributed by atoms with Crippen LogP contribution in [0.25, 0.3) is 0 Å². The summed E-state index contributed by atoms with van der Waals surface area (Å²) in [5.41, 5.74) is 7.22. The number of rotatable bonds is 7. The van der Waals surface area contributed by atoms with Crippen LogP contribution in [0.3, 0.4) is 0 Å². The van der Waals surface area contributed by atoms with Crippen molar-refractivity contribution in [3.8, 4) is 17.2 Å². The van der Waals surface area contributed by atoms with Crippen LogP contribution in [-0.2, 0) is 0 Å². The summed E-state index contributed by atoms with van der Waals surface area (Å²) in [4.78, 5) is 4.94. The van der Waals surface area contributed by atoms with Crippen molar-refractivity contribution in [2.45, 2.75) is 25.9 Å². The van der Waals surface area contributed by atoms with E-state index in [1.165, 1.54) is 0 Å². The largest absolute Gasteiger partial charge is 0.496 e. The fraction of sp³-hybridized carbons (Fsp3) is 0.667. The molecule has 1 aromatic rings. The molecule has 136 valence electrons. The fourth-order valence-corrected chi connectivity index (χ4v) is 3.55. The minimum absolute atomic E-state index is 0.0914. The summed E-state index contributed by atoms with van der Waals surface area (Å²) in [7, 11) is 4.95. The third-order valence-electron chi connectivity index (χ3n) is 4.93. The Morgan fingerprint density at radius 1 is 1.08 bits per heavy atom. The van der Waals surface area contributed by atoms with Crippen molar-refractivity contribution < 1.29 is 14.2 Å². The fourth-order valence-electron chi connectivity index (χ4n) is 3.55. The van der Waals surface area contributed by atoms with Gasteiger partial charge in [0.05, 0.1) is 27.4 Å². The van der Waals surface area contributed by atoms with Gasteiger partial charge in [0.2, 0.25) is 0 Å². The molecule has 0 aromatic heterocycles. The van der Waals surface area contributed by atoms with Gasteiger partial charge in [-0.3, -0.25) is 4.90 Å². The molecule has 1 fully saturated rings. The molecule has 2 rings (SSSR count). The first-order chi connectivity index (χ1) is 11.6. The molecule has 2 atom stereocenters. The molecule has 0 bridgehead atoms. The topological polar surface area (TPSA) is 60.2 Å². The number of piperazine rings is 1. The van der Waals surface area contributed by atoms with E-state index in [0.29, 0.717) is 24.1 Å².